The topological polar surface area (TPSA) is 87.7 Å². The van der Waals surface area contributed by atoms with Gasteiger partial charge < -0.3 is 9.64 Å². The number of sulfonamides is 1. The molecular weight excluding hydrogens is 366 g/mol. The highest BCUT2D eigenvalue weighted by atomic mass is 32.2. The van der Waals surface area contributed by atoms with Crippen LogP contribution in [-0.4, -0.2) is 46.0 Å². The number of amides is 1. The van der Waals surface area contributed by atoms with E-state index >= 15 is 0 Å². The quantitative estimate of drug-likeness (QED) is 0.629. The highest BCUT2D eigenvalue weighted by Crippen LogP contribution is 2.24. The summed E-state index contributed by atoms with van der Waals surface area (Å²) in [6.45, 7) is 11.5. The zero-order chi connectivity index (χ0) is 20.7. The molecule has 27 heavy (non-hydrogen) atoms. The maximum absolute atomic E-state index is 12.2. The lowest BCUT2D eigenvalue weighted by Crippen LogP contribution is -2.34. The summed E-state index contributed by atoms with van der Waals surface area (Å²) < 4.78 is 30.5. The number of hydrogen-bond acceptors (Lipinski definition) is 5. The normalized spacial score (nSPS) is 11.9. The van der Waals surface area contributed by atoms with Gasteiger partial charge in [0, 0.05) is 31.0 Å². The summed E-state index contributed by atoms with van der Waals surface area (Å²) in [5, 5.41) is 2.81. The van der Waals surface area contributed by atoms with E-state index in [2.05, 4.69) is 14.9 Å². The molecule has 0 aliphatic carbocycles. The van der Waals surface area contributed by atoms with Crippen LogP contribution in [-0.2, 0) is 14.8 Å². The lowest BCUT2D eigenvalue weighted by atomic mass is 10.0. The third-order valence-corrected chi connectivity index (χ3v) is 5.50. The third kappa shape index (κ3) is 7.76. The maximum Gasteiger partial charge on any atom is 0.412 e. The molecule has 0 aliphatic rings. The average Bonchev–Trinajstić information content (AvgIpc) is 2.59. The molecule has 2 N–H and O–H groups in total. The SMILES string of the molecule is CCN(CCNS(C)(=O)=O)c1ccc(NC(=O)OC(C)(CC)CC)c(C)c1. The molecular formula is C19H33N3O4S. The molecule has 0 unspecified atom stereocenters. The van der Waals surface area contributed by atoms with Crippen LogP contribution in [0.5, 0.6) is 0 Å². The van der Waals surface area contributed by atoms with Crippen molar-refractivity contribution >= 4 is 27.5 Å². The largest absolute Gasteiger partial charge is 0.443 e. The molecule has 0 spiro atoms. The standard InChI is InChI=1S/C19H33N3O4S/c1-7-19(5,8-2)26-18(23)21-17-11-10-16(14-15(17)4)22(9-3)13-12-20-27(6,24)25/h10-11,14,20H,7-9,12-13H2,1-6H3,(H,21,23). The van der Waals surface area contributed by atoms with E-state index in [0.717, 1.165) is 36.9 Å². The van der Waals surface area contributed by atoms with Crippen LogP contribution in [0.15, 0.2) is 18.2 Å². The molecule has 0 atom stereocenters. The van der Waals surface area contributed by atoms with Crippen molar-refractivity contribution in [3.05, 3.63) is 23.8 Å². The molecule has 1 amide bonds. The molecule has 0 bridgehead atoms. The van der Waals surface area contributed by atoms with E-state index in [1.165, 1.54) is 0 Å². The number of carbonyl (C=O) groups is 1. The highest BCUT2D eigenvalue weighted by Gasteiger charge is 2.24. The van der Waals surface area contributed by atoms with Crippen LogP contribution in [0.3, 0.4) is 0 Å². The number of ether oxygens (including phenoxy) is 1. The molecule has 1 aromatic rings. The van der Waals surface area contributed by atoms with Crippen LogP contribution >= 0.6 is 0 Å². The lowest BCUT2D eigenvalue weighted by molar-refractivity contribution is 0.0282. The number of likely N-dealkylation sites (N-methyl/N-ethyl adjacent to an activating group) is 1. The fourth-order valence-corrected chi connectivity index (χ4v) is 3.04. The van der Waals surface area contributed by atoms with Crippen molar-refractivity contribution in [2.75, 3.05) is 36.1 Å². The Morgan fingerprint density at radius 2 is 1.85 bits per heavy atom. The molecule has 1 rings (SSSR count). The van der Waals surface area contributed by atoms with Crippen LogP contribution in [0.25, 0.3) is 0 Å². The number of nitrogens with zero attached hydrogens (tertiary/aromatic N) is 1. The lowest BCUT2D eigenvalue weighted by Gasteiger charge is -2.27. The van der Waals surface area contributed by atoms with Crippen LogP contribution in [0.1, 0.15) is 46.1 Å². The minimum Gasteiger partial charge on any atom is -0.443 e. The molecule has 0 radical (unpaired) electrons. The van der Waals surface area contributed by atoms with Gasteiger partial charge >= 0.3 is 6.09 Å². The van der Waals surface area contributed by atoms with Crippen molar-refractivity contribution in [1.29, 1.82) is 0 Å². The van der Waals surface area contributed by atoms with Gasteiger partial charge in [-0.05, 0) is 57.4 Å². The van der Waals surface area contributed by atoms with Crippen LogP contribution in [0.4, 0.5) is 16.2 Å². The van der Waals surface area contributed by atoms with E-state index < -0.39 is 21.7 Å². The van der Waals surface area contributed by atoms with E-state index in [1.807, 2.05) is 52.8 Å². The predicted molar refractivity (Wildman–Crippen MR) is 111 cm³/mol. The van der Waals surface area contributed by atoms with Gasteiger partial charge in [0.2, 0.25) is 10.0 Å². The first kappa shape index (κ1) is 23.2. The molecule has 0 heterocycles. The number of anilines is 2. The molecule has 1 aromatic carbocycles. The van der Waals surface area contributed by atoms with E-state index in [0.29, 0.717) is 18.8 Å². The summed E-state index contributed by atoms with van der Waals surface area (Å²) >= 11 is 0. The summed E-state index contributed by atoms with van der Waals surface area (Å²) in [4.78, 5) is 14.3. The fourth-order valence-electron chi connectivity index (χ4n) is 2.57. The summed E-state index contributed by atoms with van der Waals surface area (Å²) in [6.07, 6.45) is 2.19. The maximum atomic E-state index is 12.2. The van der Waals surface area contributed by atoms with Crippen molar-refractivity contribution in [2.24, 2.45) is 0 Å². The first-order valence-corrected chi connectivity index (χ1v) is 11.2. The Balaban J connectivity index is 2.78. The van der Waals surface area contributed by atoms with Gasteiger partial charge in [0.25, 0.3) is 0 Å². The number of carbonyl (C=O) groups excluding carboxylic acids is 1. The Bertz CT molecular complexity index is 730. The monoisotopic (exact) mass is 399 g/mol. The van der Waals surface area contributed by atoms with Crippen molar-refractivity contribution in [3.8, 4) is 0 Å². The van der Waals surface area contributed by atoms with Gasteiger partial charge in [0.15, 0.2) is 0 Å². The molecule has 0 saturated heterocycles. The van der Waals surface area contributed by atoms with E-state index in [-0.39, 0.29) is 0 Å². The van der Waals surface area contributed by atoms with Gasteiger partial charge in [-0.3, -0.25) is 5.32 Å². The summed E-state index contributed by atoms with van der Waals surface area (Å²) in [7, 11) is -3.20. The fraction of sp³-hybridized carbons (Fsp3) is 0.632. The van der Waals surface area contributed by atoms with Gasteiger partial charge in [-0.1, -0.05) is 13.8 Å². The van der Waals surface area contributed by atoms with Crippen molar-refractivity contribution < 1.29 is 17.9 Å². The second kappa shape index (κ2) is 9.94. The second-order valence-corrected chi connectivity index (χ2v) is 8.75. The van der Waals surface area contributed by atoms with Crippen LogP contribution in [0.2, 0.25) is 0 Å². The van der Waals surface area contributed by atoms with Gasteiger partial charge in [-0.15, -0.1) is 0 Å². The Morgan fingerprint density at radius 3 is 2.33 bits per heavy atom. The molecule has 0 aromatic heterocycles. The van der Waals surface area contributed by atoms with Crippen molar-refractivity contribution in [2.45, 2.75) is 53.1 Å². The third-order valence-electron chi connectivity index (χ3n) is 4.77. The molecule has 154 valence electrons. The number of rotatable bonds is 10. The van der Waals surface area contributed by atoms with Crippen molar-refractivity contribution in [1.82, 2.24) is 4.72 Å². The van der Waals surface area contributed by atoms with Crippen LogP contribution in [0, 0.1) is 6.92 Å². The zero-order valence-corrected chi connectivity index (χ0v) is 18.1. The van der Waals surface area contributed by atoms with Crippen LogP contribution < -0.4 is 14.9 Å². The summed E-state index contributed by atoms with van der Waals surface area (Å²) in [6, 6.07) is 5.72. The minimum atomic E-state index is -3.20. The van der Waals surface area contributed by atoms with Gasteiger partial charge in [-0.25, -0.2) is 17.9 Å². The Kier molecular flexibility index (Phi) is 8.56. The first-order chi connectivity index (χ1) is 12.5. The van der Waals surface area contributed by atoms with E-state index in [4.69, 9.17) is 4.74 Å². The summed E-state index contributed by atoms with van der Waals surface area (Å²) in [5.74, 6) is 0. The summed E-state index contributed by atoms with van der Waals surface area (Å²) in [5.41, 5.74) is 2.11. The highest BCUT2D eigenvalue weighted by molar-refractivity contribution is 7.88. The molecule has 0 saturated carbocycles. The molecule has 0 aliphatic heterocycles. The smallest absolute Gasteiger partial charge is 0.412 e. The van der Waals surface area contributed by atoms with E-state index in [9.17, 15) is 13.2 Å². The number of aryl methyl sites for hydroxylation is 1. The van der Waals surface area contributed by atoms with Gasteiger partial charge in [-0.2, -0.15) is 0 Å². The zero-order valence-electron chi connectivity index (χ0n) is 17.3. The van der Waals surface area contributed by atoms with Crippen molar-refractivity contribution in [3.63, 3.8) is 0 Å². The first-order valence-electron chi connectivity index (χ1n) is 9.33. The Morgan fingerprint density at radius 1 is 1.22 bits per heavy atom. The predicted octanol–water partition coefficient (Wildman–Crippen LogP) is 3.50. The average molecular weight is 400 g/mol. The van der Waals surface area contributed by atoms with Gasteiger partial charge in [0.1, 0.15) is 5.60 Å². The van der Waals surface area contributed by atoms with E-state index in [1.54, 1.807) is 0 Å². The minimum absolute atomic E-state index is 0.338. The Labute approximate surface area is 163 Å². The Hall–Kier alpha value is -1.80. The number of hydrogen-bond donors (Lipinski definition) is 2. The second-order valence-electron chi connectivity index (χ2n) is 6.92. The number of benzene rings is 1. The molecule has 7 nitrogen and oxygen atoms in total. The van der Waals surface area contributed by atoms with Gasteiger partial charge in [0.05, 0.1) is 6.26 Å². The molecule has 0 fully saturated rings. The molecule has 8 heteroatoms. The number of nitrogens with one attached hydrogen (secondary N) is 2.